The Morgan fingerprint density at radius 1 is 1.08 bits per heavy atom. The van der Waals surface area contributed by atoms with Gasteiger partial charge in [-0.2, -0.15) is 5.10 Å². The van der Waals surface area contributed by atoms with Gasteiger partial charge in [0.15, 0.2) is 0 Å². The highest BCUT2D eigenvalue weighted by atomic mass is 35.5. The summed E-state index contributed by atoms with van der Waals surface area (Å²) in [7, 11) is 0. The quantitative estimate of drug-likeness (QED) is 0.649. The van der Waals surface area contributed by atoms with E-state index in [1.54, 1.807) is 18.2 Å². The summed E-state index contributed by atoms with van der Waals surface area (Å²) in [6.07, 6.45) is 0. The number of halogens is 2. The summed E-state index contributed by atoms with van der Waals surface area (Å²) in [4.78, 5) is 12.6. The van der Waals surface area contributed by atoms with Gasteiger partial charge in [-0.15, -0.1) is 0 Å². The molecule has 3 rings (SSSR count). The first-order valence-corrected chi connectivity index (χ1v) is 8.97. The Hall–Kier alpha value is -2.30. The number of rotatable bonds is 4. The van der Waals surface area contributed by atoms with E-state index < -0.39 is 0 Å². The first kappa shape index (κ1) is 18.5. The molecular weight excluding hydrogens is 369 g/mol. The van der Waals surface area contributed by atoms with Crippen molar-refractivity contribution in [1.29, 1.82) is 0 Å². The maximum Gasteiger partial charge on any atom is 0.257 e. The molecule has 26 heavy (non-hydrogen) atoms. The molecule has 0 bridgehead atoms. The minimum absolute atomic E-state index is 0.244. The average Bonchev–Trinajstić information content (AvgIpc) is 2.86. The van der Waals surface area contributed by atoms with Crippen molar-refractivity contribution in [1.82, 2.24) is 9.78 Å². The maximum absolute atomic E-state index is 12.6. The van der Waals surface area contributed by atoms with Gasteiger partial charge in [-0.3, -0.25) is 9.48 Å². The van der Waals surface area contributed by atoms with Gasteiger partial charge in [-0.05, 0) is 38.5 Å². The molecule has 0 saturated carbocycles. The van der Waals surface area contributed by atoms with Crippen molar-refractivity contribution in [2.45, 2.75) is 27.3 Å². The predicted molar refractivity (Wildman–Crippen MR) is 106 cm³/mol. The number of anilines is 1. The molecule has 0 radical (unpaired) electrons. The fourth-order valence-corrected chi connectivity index (χ4v) is 3.14. The van der Waals surface area contributed by atoms with Crippen LogP contribution in [0.1, 0.15) is 32.9 Å². The Morgan fingerprint density at radius 2 is 1.77 bits per heavy atom. The van der Waals surface area contributed by atoms with Crippen LogP contribution in [0.2, 0.25) is 10.0 Å². The van der Waals surface area contributed by atoms with Crippen LogP contribution in [0.3, 0.4) is 0 Å². The molecule has 0 spiro atoms. The zero-order valence-electron chi connectivity index (χ0n) is 14.8. The van der Waals surface area contributed by atoms with Crippen LogP contribution in [-0.2, 0) is 6.54 Å². The number of benzene rings is 2. The number of aryl methyl sites for hydroxylation is 2. The first-order valence-electron chi connectivity index (χ1n) is 8.21. The van der Waals surface area contributed by atoms with Crippen molar-refractivity contribution in [3.05, 3.63) is 80.6 Å². The van der Waals surface area contributed by atoms with Gasteiger partial charge in [-0.25, -0.2) is 0 Å². The highest BCUT2D eigenvalue weighted by molar-refractivity contribution is 6.44. The third-order valence-electron chi connectivity index (χ3n) is 4.27. The molecule has 134 valence electrons. The number of hydrogen-bond donors (Lipinski definition) is 1. The number of carbonyl (C=O) groups excluding carboxylic acids is 1. The van der Waals surface area contributed by atoms with Crippen LogP contribution in [0.5, 0.6) is 0 Å². The first-order chi connectivity index (χ1) is 12.4. The minimum atomic E-state index is -0.307. The summed E-state index contributed by atoms with van der Waals surface area (Å²) in [6.45, 7) is 6.50. The van der Waals surface area contributed by atoms with Gasteiger partial charge < -0.3 is 5.32 Å². The molecule has 0 fully saturated rings. The smallest absolute Gasteiger partial charge is 0.257 e. The van der Waals surface area contributed by atoms with Crippen LogP contribution in [0.15, 0.2) is 42.5 Å². The van der Waals surface area contributed by atoms with Gasteiger partial charge in [0.25, 0.3) is 5.91 Å². The second-order valence-electron chi connectivity index (χ2n) is 6.24. The summed E-state index contributed by atoms with van der Waals surface area (Å²) in [5.74, 6) is -0.307. The molecule has 0 aliphatic heterocycles. The van der Waals surface area contributed by atoms with Gasteiger partial charge in [0.1, 0.15) is 0 Å². The van der Waals surface area contributed by atoms with E-state index >= 15 is 0 Å². The van der Waals surface area contributed by atoms with E-state index in [9.17, 15) is 4.79 Å². The van der Waals surface area contributed by atoms with Gasteiger partial charge in [-0.1, -0.05) is 59.1 Å². The third kappa shape index (κ3) is 3.76. The third-order valence-corrected chi connectivity index (χ3v) is 5.09. The Labute approximate surface area is 162 Å². The lowest BCUT2D eigenvalue weighted by atomic mass is 10.1. The second kappa shape index (κ2) is 7.52. The lowest BCUT2D eigenvalue weighted by Crippen LogP contribution is -2.14. The van der Waals surface area contributed by atoms with Crippen LogP contribution in [0, 0.1) is 20.8 Å². The Balaban J connectivity index is 1.85. The zero-order valence-corrected chi connectivity index (χ0v) is 16.3. The van der Waals surface area contributed by atoms with E-state index in [2.05, 4.69) is 41.6 Å². The van der Waals surface area contributed by atoms with Crippen LogP contribution >= 0.6 is 23.2 Å². The molecule has 2 aromatic carbocycles. The molecule has 1 N–H and O–H groups in total. The molecular formula is C20H19Cl2N3O. The largest absolute Gasteiger partial charge is 0.319 e. The van der Waals surface area contributed by atoms with E-state index in [0.29, 0.717) is 22.8 Å². The lowest BCUT2D eigenvalue weighted by Gasteiger charge is -2.09. The molecule has 4 nitrogen and oxygen atoms in total. The van der Waals surface area contributed by atoms with E-state index in [0.717, 1.165) is 17.0 Å². The molecule has 1 amide bonds. The maximum atomic E-state index is 12.6. The van der Waals surface area contributed by atoms with Gasteiger partial charge in [0.2, 0.25) is 0 Å². The fraction of sp³-hybridized carbons (Fsp3) is 0.200. The molecule has 0 unspecified atom stereocenters. The summed E-state index contributed by atoms with van der Waals surface area (Å²) in [6, 6.07) is 13.3. The Morgan fingerprint density at radius 3 is 2.46 bits per heavy atom. The highest BCUT2D eigenvalue weighted by Crippen LogP contribution is 2.27. The van der Waals surface area contributed by atoms with Crippen molar-refractivity contribution >= 4 is 34.8 Å². The topological polar surface area (TPSA) is 46.9 Å². The molecule has 3 aromatic rings. The second-order valence-corrected chi connectivity index (χ2v) is 7.03. The standard InChI is InChI=1S/C20H19Cl2N3O/c1-12-7-9-15(10-8-12)11-25-14(3)19(13(2)24-25)23-20(26)16-5-4-6-17(21)18(16)22/h4-10H,11H2,1-3H3,(H,23,26). The van der Waals surface area contributed by atoms with E-state index in [1.807, 2.05) is 18.5 Å². The number of nitrogens with one attached hydrogen (secondary N) is 1. The number of aromatic nitrogens is 2. The Kier molecular flexibility index (Phi) is 5.35. The van der Waals surface area contributed by atoms with E-state index in [4.69, 9.17) is 23.2 Å². The molecule has 1 aromatic heterocycles. The number of amides is 1. The lowest BCUT2D eigenvalue weighted by molar-refractivity contribution is 0.102. The predicted octanol–water partition coefficient (Wildman–Crippen LogP) is 5.42. The molecule has 0 aliphatic carbocycles. The van der Waals surface area contributed by atoms with Crippen LogP contribution < -0.4 is 5.32 Å². The summed E-state index contributed by atoms with van der Waals surface area (Å²) in [5.41, 5.74) is 5.03. The summed E-state index contributed by atoms with van der Waals surface area (Å²) < 4.78 is 1.88. The normalized spacial score (nSPS) is 10.8. The summed E-state index contributed by atoms with van der Waals surface area (Å²) in [5, 5.41) is 8.06. The van der Waals surface area contributed by atoms with Crippen molar-refractivity contribution < 1.29 is 4.79 Å². The molecule has 1 heterocycles. The summed E-state index contributed by atoms with van der Waals surface area (Å²) >= 11 is 12.1. The fourth-order valence-electron chi connectivity index (χ4n) is 2.76. The number of hydrogen-bond acceptors (Lipinski definition) is 2. The monoisotopic (exact) mass is 387 g/mol. The molecule has 0 aliphatic rings. The Bertz CT molecular complexity index is 962. The van der Waals surface area contributed by atoms with Gasteiger partial charge in [0, 0.05) is 0 Å². The molecule has 0 saturated heterocycles. The highest BCUT2D eigenvalue weighted by Gasteiger charge is 2.18. The average molecular weight is 388 g/mol. The van der Waals surface area contributed by atoms with E-state index in [1.165, 1.54) is 5.56 Å². The van der Waals surface area contributed by atoms with Crippen molar-refractivity contribution in [3.63, 3.8) is 0 Å². The van der Waals surface area contributed by atoms with Gasteiger partial charge >= 0.3 is 0 Å². The number of nitrogens with zero attached hydrogens (tertiary/aromatic N) is 2. The van der Waals surface area contributed by atoms with Crippen molar-refractivity contribution in [2.24, 2.45) is 0 Å². The minimum Gasteiger partial charge on any atom is -0.319 e. The van der Waals surface area contributed by atoms with E-state index in [-0.39, 0.29) is 10.9 Å². The molecule has 6 heteroatoms. The van der Waals surface area contributed by atoms with Crippen LogP contribution in [0.4, 0.5) is 5.69 Å². The van der Waals surface area contributed by atoms with Crippen LogP contribution in [-0.4, -0.2) is 15.7 Å². The van der Waals surface area contributed by atoms with Crippen molar-refractivity contribution in [2.75, 3.05) is 5.32 Å². The SMILES string of the molecule is Cc1ccc(Cn2nc(C)c(NC(=O)c3cccc(Cl)c3Cl)c2C)cc1. The zero-order chi connectivity index (χ0) is 18.8. The van der Waals surface area contributed by atoms with Crippen molar-refractivity contribution in [3.8, 4) is 0 Å². The molecule has 0 atom stereocenters. The van der Waals surface area contributed by atoms with Gasteiger partial charge in [0.05, 0.1) is 39.2 Å². The van der Waals surface area contributed by atoms with Crippen LogP contribution in [0.25, 0.3) is 0 Å². The number of carbonyl (C=O) groups is 1.